The van der Waals surface area contributed by atoms with Crippen molar-refractivity contribution in [1.29, 1.82) is 0 Å². The third-order valence-electron chi connectivity index (χ3n) is 7.94. The molecule has 2 rings (SSSR count). The molecular weight excluding hydrogens is 694 g/mol. The van der Waals surface area contributed by atoms with Gasteiger partial charge in [0, 0.05) is 21.3 Å². The lowest BCUT2D eigenvalue weighted by molar-refractivity contribution is -0.929. The van der Waals surface area contributed by atoms with Gasteiger partial charge in [-0.15, -0.1) is 0 Å². The Morgan fingerprint density at radius 1 is 0.449 bits per heavy atom. The van der Waals surface area contributed by atoms with E-state index in [9.17, 15) is 0 Å². The van der Waals surface area contributed by atoms with Gasteiger partial charge >= 0.3 is 0 Å². The first kappa shape index (κ1) is 44.9. The van der Waals surface area contributed by atoms with Crippen LogP contribution >= 0.6 is 0 Å². The number of hydrogen-bond acceptors (Lipinski definition) is 10. The maximum absolute atomic E-state index is 6.07. The molecule has 11 nitrogen and oxygen atoms in total. The zero-order chi connectivity index (χ0) is 34.4. The fraction of sp³-hybridized carbons (Fsp3) is 0.676. The molecule has 0 spiro atoms. The van der Waals surface area contributed by atoms with Crippen molar-refractivity contribution >= 4 is 11.4 Å². The summed E-state index contributed by atoms with van der Waals surface area (Å²) in [4.78, 5) is 0. The van der Waals surface area contributed by atoms with Crippen LogP contribution in [0, 0.1) is 0 Å². The number of hydrogen-bond donors (Lipinski definition) is 0. The molecule has 0 aliphatic heterocycles. The standard InChI is InChI=1S/C37H62N3O8.BrH/c1-5-6-7-9-23-47-36-15-11-34(12-16-36)38-39-35-13-17-37(18-14-35)48-24-10-8-19-40(20-25-44-31-28-41-2,21-26-45-32-29-42-3)22-27-46-33-30-43-4;/h11-18H,5-10,19-33H2,1-4H3;1H/q+1;/p-1. The summed E-state index contributed by atoms with van der Waals surface area (Å²) in [6, 6.07) is 15.5. The largest absolute Gasteiger partial charge is 1.00 e. The second-order valence-electron chi connectivity index (χ2n) is 11.7. The molecule has 0 unspecified atom stereocenters. The minimum absolute atomic E-state index is 0. The number of halogens is 1. The van der Waals surface area contributed by atoms with Crippen molar-refractivity contribution in [2.45, 2.75) is 45.4 Å². The van der Waals surface area contributed by atoms with E-state index >= 15 is 0 Å². The zero-order valence-electron chi connectivity index (χ0n) is 30.5. The van der Waals surface area contributed by atoms with Crippen LogP contribution < -0.4 is 26.5 Å². The van der Waals surface area contributed by atoms with Gasteiger partial charge in [-0.25, -0.2) is 0 Å². The van der Waals surface area contributed by atoms with Crippen LogP contribution in [0.3, 0.4) is 0 Å². The van der Waals surface area contributed by atoms with Crippen molar-refractivity contribution in [2.75, 3.05) is 120 Å². The molecule has 0 saturated heterocycles. The number of nitrogens with zero attached hydrogens (tertiary/aromatic N) is 3. The summed E-state index contributed by atoms with van der Waals surface area (Å²) >= 11 is 0. The first-order valence-electron chi connectivity index (χ1n) is 17.6. The number of quaternary nitrogens is 1. The van der Waals surface area contributed by atoms with Gasteiger partial charge in [0.2, 0.25) is 0 Å². The van der Waals surface area contributed by atoms with Crippen LogP contribution in [0.25, 0.3) is 0 Å². The van der Waals surface area contributed by atoms with Crippen LogP contribution in [-0.2, 0) is 28.4 Å². The first-order chi connectivity index (χ1) is 23.6. The van der Waals surface area contributed by atoms with Gasteiger partial charge in [-0.1, -0.05) is 26.2 Å². The fourth-order valence-corrected chi connectivity index (χ4v) is 4.97. The summed E-state index contributed by atoms with van der Waals surface area (Å²) < 4.78 is 45.8. The lowest BCUT2D eigenvalue weighted by atomic mass is 10.2. The molecule has 2 aromatic carbocycles. The highest BCUT2D eigenvalue weighted by atomic mass is 79.9. The topological polar surface area (TPSA) is 98.6 Å². The highest BCUT2D eigenvalue weighted by Crippen LogP contribution is 2.23. The van der Waals surface area contributed by atoms with Crippen LogP contribution in [0.15, 0.2) is 58.8 Å². The SMILES string of the molecule is CCCCCCOc1ccc(N=Nc2ccc(OCCCC[N+](CCOCCOC)(CCOCCOC)CCOCCOC)cc2)cc1.[Br-]. The number of benzene rings is 2. The maximum atomic E-state index is 6.07. The van der Waals surface area contributed by atoms with Gasteiger partial charge in [0.05, 0.1) is 90.6 Å². The minimum atomic E-state index is 0. The Morgan fingerprint density at radius 2 is 0.857 bits per heavy atom. The monoisotopic (exact) mass is 755 g/mol. The van der Waals surface area contributed by atoms with E-state index in [0.29, 0.717) is 66.1 Å². The number of rotatable bonds is 32. The Balaban J connectivity index is 0.0000120. The average molecular weight is 757 g/mol. The predicted octanol–water partition coefficient (Wildman–Crippen LogP) is 4.03. The molecule has 49 heavy (non-hydrogen) atoms. The van der Waals surface area contributed by atoms with Crippen molar-refractivity contribution in [3.63, 3.8) is 0 Å². The molecular formula is C37H62BrN3O8. The summed E-state index contributed by atoms with van der Waals surface area (Å²) in [6.07, 6.45) is 6.70. The number of ether oxygens (including phenoxy) is 8. The molecule has 0 aliphatic rings. The van der Waals surface area contributed by atoms with Crippen molar-refractivity contribution in [3.05, 3.63) is 48.5 Å². The second-order valence-corrected chi connectivity index (χ2v) is 11.7. The molecule has 0 saturated carbocycles. The highest BCUT2D eigenvalue weighted by Gasteiger charge is 2.27. The lowest BCUT2D eigenvalue weighted by Crippen LogP contribution is -3.00. The van der Waals surface area contributed by atoms with E-state index < -0.39 is 0 Å². The van der Waals surface area contributed by atoms with Gasteiger partial charge in [-0.3, -0.25) is 0 Å². The van der Waals surface area contributed by atoms with Crippen molar-refractivity contribution < 1.29 is 59.4 Å². The fourth-order valence-electron chi connectivity index (χ4n) is 4.97. The summed E-state index contributed by atoms with van der Waals surface area (Å²) in [7, 11) is 5.06. The molecule has 12 heteroatoms. The number of methoxy groups -OCH3 is 3. The van der Waals surface area contributed by atoms with E-state index in [0.717, 1.165) is 79.4 Å². The third kappa shape index (κ3) is 22.3. The van der Waals surface area contributed by atoms with Crippen molar-refractivity contribution in [3.8, 4) is 11.5 Å². The number of unbranched alkanes of at least 4 members (excludes halogenated alkanes) is 4. The van der Waals surface area contributed by atoms with Crippen molar-refractivity contribution in [2.24, 2.45) is 10.2 Å². The Kier molecular flexibility index (Phi) is 28.1. The summed E-state index contributed by atoms with van der Waals surface area (Å²) in [5.74, 6) is 1.68. The van der Waals surface area contributed by atoms with Crippen LogP contribution in [0.5, 0.6) is 11.5 Å². The van der Waals surface area contributed by atoms with E-state index in [4.69, 9.17) is 37.9 Å². The summed E-state index contributed by atoms with van der Waals surface area (Å²) in [5.41, 5.74) is 1.56. The van der Waals surface area contributed by atoms with Gasteiger partial charge < -0.3 is 59.4 Å². The molecule has 0 atom stereocenters. The van der Waals surface area contributed by atoms with E-state index in [1.54, 1.807) is 21.3 Å². The van der Waals surface area contributed by atoms with E-state index in [-0.39, 0.29) is 17.0 Å². The van der Waals surface area contributed by atoms with Crippen LogP contribution in [-0.4, -0.2) is 125 Å². The Bertz CT molecular complexity index is 1010. The Morgan fingerprint density at radius 3 is 1.24 bits per heavy atom. The molecule has 280 valence electrons. The molecule has 0 amide bonds. The lowest BCUT2D eigenvalue weighted by Gasteiger charge is -2.39. The van der Waals surface area contributed by atoms with Gasteiger partial charge in [0.1, 0.15) is 31.1 Å². The minimum Gasteiger partial charge on any atom is -1.00 e. The molecule has 0 bridgehead atoms. The first-order valence-corrected chi connectivity index (χ1v) is 17.6. The van der Waals surface area contributed by atoms with Crippen LogP contribution in [0.4, 0.5) is 11.4 Å². The van der Waals surface area contributed by atoms with Gasteiger partial charge in [-0.2, -0.15) is 10.2 Å². The quantitative estimate of drug-likeness (QED) is 0.0628. The van der Waals surface area contributed by atoms with Crippen molar-refractivity contribution in [1.82, 2.24) is 0 Å². The zero-order valence-corrected chi connectivity index (χ0v) is 32.0. The molecule has 0 heterocycles. The summed E-state index contributed by atoms with van der Waals surface area (Å²) in [6.45, 7) is 12.7. The third-order valence-corrected chi connectivity index (χ3v) is 7.94. The van der Waals surface area contributed by atoms with E-state index in [1.807, 2.05) is 48.5 Å². The van der Waals surface area contributed by atoms with Gasteiger partial charge in [-0.05, 0) is 67.8 Å². The summed E-state index contributed by atoms with van der Waals surface area (Å²) in [5, 5.41) is 8.74. The molecule has 0 radical (unpaired) electrons. The van der Waals surface area contributed by atoms with Crippen LogP contribution in [0.1, 0.15) is 45.4 Å². The van der Waals surface area contributed by atoms with Gasteiger partial charge in [0.15, 0.2) is 0 Å². The molecule has 2 aromatic rings. The van der Waals surface area contributed by atoms with E-state index in [1.165, 1.54) is 19.3 Å². The van der Waals surface area contributed by atoms with E-state index in [2.05, 4.69) is 17.2 Å². The highest BCUT2D eigenvalue weighted by molar-refractivity contribution is 5.44. The Labute approximate surface area is 305 Å². The predicted molar refractivity (Wildman–Crippen MR) is 189 cm³/mol. The molecule has 0 aliphatic carbocycles. The number of azo groups is 1. The smallest absolute Gasteiger partial charge is 0.119 e. The molecule has 0 aromatic heterocycles. The second kappa shape index (κ2) is 30.6. The molecule has 0 N–H and O–H groups in total. The Hall–Kier alpha value is -2.16. The normalized spacial score (nSPS) is 11.6. The molecule has 0 fully saturated rings. The maximum Gasteiger partial charge on any atom is 0.119 e. The average Bonchev–Trinajstić information content (AvgIpc) is 3.11. The van der Waals surface area contributed by atoms with Crippen LogP contribution in [0.2, 0.25) is 0 Å². The van der Waals surface area contributed by atoms with Gasteiger partial charge in [0.25, 0.3) is 0 Å².